The second-order valence-corrected chi connectivity index (χ2v) is 6.35. The molecule has 134 valence electrons. The van der Waals surface area contributed by atoms with Crippen molar-refractivity contribution in [2.75, 3.05) is 19.6 Å². The number of hydrogen-bond acceptors (Lipinski definition) is 3. The summed E-state index contributed by atoms with van der Waals surface area (Å²) in [7, 11) is 0. The maximum Gasteiger partial charge on any atom is 0.264 e. The Morgan fingerprint density at radius 2 is 1.96 bits per heavy atom. The maximum atomic E-state index is 12.8. The van der Waals surface area contributed by atoms with Crippen molar-refractivity contribution in [3.63, 3.8) is 0 Å². The van der Waals surface area contributed by atoms with Crippen molar-refractivity contribution >= 4 is 29.9 Å². The molecule has 0 spiro atoms. The normalized spacial score (nSPS) is 15.0. The van der Waals surface area contributed by atoms with E-state index in [0.717, 1.165) is 17.7 Å². The highest BCUT2D eigenvalue weighted by Crippen LogP contribution is 2.31. The Bertz CT molecular complexity index is 710. The zero-order chi connectivity index (χ0) is 16.9. The number of nitrogens with two attached hydrogens (primary N) is 1. The minimum Gasteiger partial charge on any atom is -0.480 e. The van der Waals surface area contributed by atoms with Gasteiger partial charge in [0.15, 0.2) is 6.10 Å². The van der Waals surface area contributed by atoms with Crippen molar-refractivity contribution in [1.29, 1.82) is 0 Å². The van der Waals surface area contributed by atoms with Crippen LogP contribution in [0.4, 0.5) is 0 Å². The van der Waals surface area contributed by atoms with Crippen LogP contribution in [0.5, 0.6) is 5.75 Å². The minimum atomic E-state index is -0.485. The van der Waals surface area contributed by atoms with Gasteiger partial charge in [0.25, 0.3) is 5.91 Å². The van der Waals surface area contributed by atoms with Gasteiger partial charge in [-0.3, -0.25) is 4.79 Å². The number of ether oxygens (including phenoxy) is 1. The van der Waals surface area contributed by atoms with Gasteiger partial charge in [-0.2, -0.15) is 0 Å². The average Bonchev–Trinajstić information content (AvgIpc) is 3.02. The molecule has 1 heterocycles. The molecule has 0 saturated carbocycles. The summed E-state index contributed by atoms with van der Waals surface area (Å²) >= 11 is 6.01. The van der Waals surface area contributed by atoms with Crippen LogP contribution in [-0.2, 0) is 17.6 Å². The second-order valence-electron chi connectivity index (χ2n) is 5.91. The average molecular weight is 381 g/mol. The number of nitrogens with zero attached hydrogens (tertiary/aromatic N) is 1. The lowest BCUT2D eigenvalue weighted by Gasteiger charge is -2.25. The smallest absolute Gasteiger partial charge is 0.264 e. The van der Waals surface area contributed by atoms with E-state index in [-0.39, 0.29) is 18.3 Å². The number of carbonyl (C=O) groups is 1. The summed E-state index contributed by atoms with van der Waals surface area (Å²) in [5, 5.41) is 0.661. The van der Waals surface area contributed by atoms with Crippen LogP contribution in [0.3, 0.4) is 0 Å². The standard InChI is InChI=1S/C19H21ClN2O2.ClH/c20-16-6-7-17-15(12-16)13-18(24-17)19(23)22(11-9-21)10-8-14-4-2-1-3-5-14;/h1-7,12,18H,8-11,13,21H2;1H. The third kappa shape index (κ3) is 4.88. The summed E-state index contributed by atoms with van der Waals surface area (Å²) in [5.41, 5.74) is 7.87. The fraction of sp³-hybridized carbons (Fsp3) is 0.316. The molecule has 2 N–H and O–H groups in total. The van der Waals surface area contributed by atoms with Crippen molar-refractivity contribution in [3.8, 4) is 5.75 Å². The Hall–Kier alpha value is -1.75. The fourth-order valence-electron chi connectivity index (χ4n) is 2.96. The number of amides is 1. The molecule has 0 radical (unpaired) electrons. The van der Waals surface area contributed by atoms with E-state index in [1.807, 2.05) is 30.3 Å². The van der Waals surface area contributed by atoms with E-state index < -0.39 is 6.10 Å². The molecule has 1 aliphatic rings. The van der Waals surface area contributed by atoms with E-state index in [0.29, 0.717) is 31.1 Å². The molecular weight excluding hydrogens is 359 g/mol. The van der Waals surface area contributed by atoms with E-state index in [1.165, 1.54) is 5.56 Å². The quantitative estimate of drug-likeness (QED) is 0.837. The zero-order valence-electron chi connectivity index (χ0n) is 13.9. The van der Waals surface area contributed by atoms with Crippen LogP contribution in [0.2, 0.25) is 5.02 Å². The largest absolute Gasteiger partial charge is 0.480 e. The number of fused-ring (bicyclic) bond motifs is 1. The predicted molar refractivity (Wildman–Crippen MR) is 103 cm³/mol. The van der Waals surface area contributed by atoms with Gasteiger partial charge in [-0.05, 0) is 35.7 Å². The van der Waals surface area contributed by atoms with Crippen LogP contribution in [0.25, 0.3) is 0 Å². The first kappa shape index (κ1) is 19.6. The van der Waals surface area contributed by atoms with E-state index in [1.54, 1.807) is 11.0 Å². The first-order valence-corrected chi connectivity index (χ1v) is 8.53. The molecule has 1 amide bonds. The van der Waals surface area contributed by atoms with Gasteiger partial charge >= 0.3 is 0 Å². The van der Waals surface area contributed by atoms with Crippen LogP contribution < -0.4 is 10.5 Å². The lowest BCUT2D eigenvalue weighted by atomic mass is 10.1. The number of rotatable bonds is 6. The minimum absolute atomic E-state index is 0. The summed E-state index contributed by atoms with van der Waals surface area (Å²) in [6, 6.07) is 15.6. The van der Waals surface area contributed by atoms with Crippen molar-refractivity contribution in [2.24, 2.45) is 5.73 Å². The highest BCUT2D eigenvalue weighted by atomic mass is 35.5. The molecule has 0 aliphatic carbocycles. The number of halogens is 2. The van der Waals surface area contributed by atoms with E-state index >= 15 is 0 Å². The van der Waals surface area contributed by atoms with Gasteiger partial charge < -0.3 is 15.4 Å². The number of benzene rings is 2. The second kappa shape index (κ2) is 9.09. The van der Waals surface area contributed by atoms with Crippen LogP contribution in [-0.4, -0.2) is 36.5 Å². The molecule has 1 unspecified atom stereocenters. The molecule has 4 nitrogen and oxygen atoms in total. The maximum absolute atomic E-state index is 12.8. The van der Waals surface area contributed by atoms with E-state index in [2.05, 4.69) is 12.1 Å². The van der Waals surface area contributed by atoms with Crippen LogP contribution >= 0.6 is 24.0 Å². The molecule has 0 bridgehead atoms. The van der Waals surface area contributed by atoms with Crippen LogP contribution in [0.1, 0.15) is 11.1 Å². The molecule has 2 aromatic rings. The first-order valence-electron chi connectivity index (χ1n) is 8.15. The molecule has 6 heteroatoms. The Morgan fingerprint density at radius 1 is 1.20 bits per heavy atom. The predicted octanol–water partition coefficient (Wildman–Crippen LogP) is 3.10. The molecule has 0 fully saturated rings. The summed E-state index contributed by atoms with van der Waals surface area (Å²) in [4.78, 5) is 14.6. The van der Waals surface area contributed by atoms with Gasteiger partial charge in [-0.1, -0.05) is 41.9 Å². The first-order chi connectivity index (χ1) is 11.7. The van der Waals surface area contributed by atoms with Crippen molar-refractivity contribution < 1.29 is 9.53 Å². The van der Waals surface area contributed by atoms with Crippen LogP contribution in [0, 0.1) is 0 Å². The van der Waals surface area contributed by atoms with Gasteiger partial charge in [-0.25, -0.2) is 0 Å². The fourth-order valence-corrected chi connectivity index (χ4v) is 3.15. The molecule has 0 saturated heterocycles. The molecule has 3 rings (SSSR count). The summed E-state index contributed by atoms with van der Waals surface area (Å²) < 4.78 is 5.81. The highest BCUT2D eigenvalue weighted by Gasteiger charge is 2.32. The topological polar surface area (TPSA) is 55.6 Å². The third-order valence-electron chi connectivity index (χ3n) is 4.20. The monoisotopic (exact) mass is 380 g/mol. The Balaban J connectivity index is 0.00000225. The molecule has 1 atom stereocenters. The van der Waals surface area contributed by atoms with Gasteiger partial charge in [0.2, 0.25) is 0 Å². The van der Waals surface area contributed by atoms with Crippen molar-refractivity contribution in [2.45, 2.75) is 18.9 Å². The van der Waals surface area contributed by atoms with Crippen molar-refractivity contribution in [1.82, 2.24) is 4.90 Å². The summed E-state index contributed by atoms with van der Waals surface area (Å²) in [6.07, 6.45) is 0.875. The van der Waals surface area contributed by atoms with Gasteiger partial charge in [-0.15, -0.1) is 12.4 Å². The zero-order valence-corrected chi connectivity index (χ0v) is 15.4. The van der Waals surface area contributed by atoms with Gasteiger partial charge in [0.05, 0.1) is 0 Å². The molecule has 2 aromatic carbocycles. The van der Waals surface area contributed by atoms with Crippen LogP contribution in [0.15, 0.2) is 48.5 Å². The lowest BCUT2D eigenvalue weighted by molar-refractivity contribution is -0.137. The van der Waals surface area contributed by atoms with Crippen molar-refractivity contribution in [3.05, 3.63) is 64.7 Å². The van der Waals surface area contributed by atoms with Gasteiger partial charge in [0, 0.05) is 31.1 Å². The van der Waals surface area contributed by atoms with E-state index in [9.17, 15) is 4.79 Å². The third-order valence-corrected chi connectivity index (χ3v) is 4.43. The highest BCUT2D eigenvalue weighted by molar-refractivity contribution is 6.30. The number of carbonyl (C=O) groups excluding carboxylic acids is 1. The molecular formula is C19H22Cl2N2O2. The summed E-state index contributed by atoms with van der Waals surface area (Å²) in [5.74, 6) is 0.734. The molecule has 1 aliphatic heterocycles. The Labute approximate surface area is 159 Å². The Morgan fingerprint density at radius 3 is 2.68 bits per heavy atom. The summed E-state index contributed by atoms with van der Waals surface area (Å²) in [6.45, 7) is 1.60. The van der Waals surface area contributed by atoms with E-state index in [4.69, 9.17) is 22.1 Å². The van der Waals surface area contributed by atoms with Gasteiger partial charge in [0.1, 0.15) is 5.75 Å². The lowest BCUT2D eigenvalue weighted by Crippen LogP contribution is -2.44. The Kier molecular flexibility index (Phi) is 7.12. The SMILES string of the molecule is Cl.NCCN(CCc1ccccc1)C(=O)C1Cc2cc(Cl)ccc2O1. The molecule has 0 aromatic heterocycles. The number of hydrogen-bond donors (Lipinski definition) is 1. The molecule has 25 heavy (non-hydrogen) atoms.